The molecule has 0 radical (unpaired) electrons. The zero-order valence-electron chi connectivity index (χ0n) is 13.1. The van der Waals surface area contributed by atoms with Gasteiger partial charge in [0.25, 0.3) is 5.91 Å². The average Bonchev–Trinajstić information content (AvgIpc) is 2.53. The third-order valence-corrected chi connectivity index (χ3v) is 5.68. The van der Waals surface area contributed by atoms with Gasteiger partial charge in [0.15, 0.2) is 6.61 Å². The molecule has 1 amide bonds. The molecule has 0 aromatic heterocycles. The van der Waals surface area contributed by atoms with Gasteiger partial charge >= 0.3 is 0 Å². The largest absolute Gasteiger partial charge is 0.484 e. The molecule has 1 fully saturated rings. The molecule has 0 saturated carbocycles. The van der Waals surface area contributed by atoms with Crippen LogP contribution in [0, 0.1) is 5.82 Å². The van der Waals surface area contributed by atoms with Gasteiger partial charge in [0, 0.05) is 32.2 Å². The molecular weight excluding hydrogens is 323 g/mol. The fraction of sp³-hybridized carbons (Fsp3) is 0.533. The Kier molecular flexibility index (Phi) is 5.95. The van der Waals surface area contributed by atoms with Gasteiger partial charge in [-0.3, -0.25) is 4.79 Å². The number of hydrogen-bond donors (Lipinski definition) is 0. The SMILES string of the molecule is CCCS(=O)(=O)N1CCN(C(=O)COc2cccc(F)c2)CC1. The van der Waals surface area contributed by atoms with Gasteiger partial charge in [-0.1, -0.05) is 13.0 Å². The van der Waals surface area contributed by atoms with Crippen molar-refractivity contribution in [3.8, 4) is 5.75 Å². The van der Waals surface area contributed by atoms with Gasteiger partial charge < -0.3 is 9.64 Å². The van der Waals surface area contributed by atoms with Crippen LogP contribution in [0.4, 0.5) is 4.39 Å². The summed E-state index contributed by atoms with van der Waals surface area (Å²) in [4.78, 5) is 13.6. The summed E-state index contributed by atoms with van der Waals surface area (Å²) >= 11 is 0. The Morgan fingerprint density at radius 2 is 1.96 bits per heavy atom. The Morgan fingerprint density at radius 1 is 1.26 bits per heavy atom. The van der Waals surface area contributed by atoms with Crippen molar-refractivity contribution in [2.75, 3.05) is 38.5 Å². The summed E-state index contributed by atoms with van der Waals surface area (Å²) in [6.45, 7) is 2.91. The zero-order valence-corrected chi connectivity index (χ0v) is 13.9. The molecule has 1 aliphatic heterocycles. The van der Waals surface area contributed by atoms with Gasteiger partial charge in [-0.05, 0) is 18.6 Å². The van der Waals surface area contributed by atoms with Crippen LogP contribution in [-0.4, -0.2) is 62.1 Å². The molecule has 1 aromatic carbocycles. The quantitative estimate of drug-likeness (QED) is 0.775. The molecule has 1 heterocycles. The van der Waals surface area contributed by atoms with Gasteiger partial charge in [-0.25, -0.2) is 12.8 Å². The summed E-state index contributed by atoms with van der Waals surface area (Å²) in [5, 5.41) is 0. The summed E-state index contributed by atoms with van der Waals surface area (Å²) in [7, 11) is -3.22. The number of carbonyl (C=O) groups is 1. The van der Waals surface area contributed by atoms with Crippen LogP contribution >= 0.6 is 0 Å². The first-order valence-corrected chi connectivity index (χ1v) is 9.17. The predicted molar refractivity (Wildman–Crippen MR) is 84.1 cm³/mol. The Morgan fingerprint density at radius 3 is 2.57 bits per heavy atom. The molecule has 2 rings (SSSR count). The molecule has 1 saturated heterocycles. The van der Waals surface area contributed by atoms with E-state index in [1.54, 1.807) is 11.0 Å². The number of benzene rings is 1. The lowest BCUT2D eigenvalue weighted by molar-refractivity contribution is -0.134. The van der Waals surface area contributed by atoms with Crippen LogP contribution in [0.25, 0.3) is 0 Å². The topological polar surface area (TPSA) is 66.9 Å². The van der Waals surface area contributed by atoms with E-state index < -0.39 is 15.8 Å². The lowest BCUT2D eigenvalue weighted by Crippen LogP contribution is -2.52. The number of hydrogen-bond acceptors (Lipinski definition) is 4. The second kappa shape index (κ2) is 7.74. The molecule has 1 aromatic rings. The standard InChI is InChI=1S/C15H21FN2O4S/c1-2-10-23(20,21)18-8-6-17(7-9-18)15(19)12-22-14-5-3-4-13(16)11-14/h3-5,11H,2,6-10,12H2,1H3. The van der Waals surface area contributed by atoms with Gasteiger partial charge in [0.1, 0.15) is 11.6 Å². The highest BCUT2D eigenvalue weighted by molar-refractivity contribution is 7.89. The number of ether oxygens (including phenoxy) is 1. The first-order chi connectivity index (χ1) is 10.9. The minimum atomic E-state index is -3.22. The van der Waals surface area contributed by atoms with Crippen molar-refractivity contribution < 1.29 is 22.3 Å². The molecule has 128 valence electrons. The molecule has 6 nitrogen and oxygen atoms in total. The first-order valence-electron chi connectivity index (χ1n) is 7.56. The summed E-state index contributed by atoms with van der Waals surface area (Å²) in [6.07, 6.45) is 0.572. The van der Waals surface area contributed by atoms with E-state index in [9.17, 15) is 17.6 Å². The van der Waals surface area contributed by atoms with E-state index in [4.69, 9.17) is 4.74 Å². The maximum absolute atomic E-state index is 13.0. The molecule has 0 N–H and O–H groups in total. The van der Waals surface area contributed by atoms with Crippen LogP contribution in [0.5, 0.6) is 5.75 Å². The number of sulfonamides is 1. The highest BCUT2D eigenvalue weighted by Gasteiger charge is 2.28. The summed E-state index contributed by atoms with van der Waals surface area (Å²) in [5.74, 6) is -0.238. The fourth-order valence-electron chi connectivity index (χ4n) is 2.40. The third kappa shape index (κ3) is 4.90. The maximum Gasteiger partial charge on any atom is 0.260 e. The molecule has 0 aliphatic carbocycles. The second-order valence-corrected chi connectivity index (χ2v) is 7.43. The summed E-state index contributed by atoms with van der Waals surface area (Å²) < 4.78 is 43.7. The number of amides is 1. The van der Waals surface area contributed by atoms with Crippen molar-refractivity contribution >= 4 is 15.9 Å². The summed E-state index contributed by atoms with van der Waals surface area (Å²) in [5.41, 5.74) is 0. The normalized spacial score (nSPS) is 16.3. The molecule has 0 unspecified atom stereocenters. The van der Waals surface area contributed by atoms with Crippen molar-refractivity contribution in [1.82, 2.24) is 9.21 Å². The second-order valence-electron chi connectivity index (χ2n) is 5.34. The number of piperazine rings is 1. The van der Waals surface area contributed by atoms with Crippen LogP contribution in [0.3, 0.4) is 0 Å². The Hall–Kier alpha value is -1.67. The minimum absolute atomic E-state index is 0.129. The van der Waals surface area contributed by atoms with E-state index in [2.05, 4.69) is 0 Å². The van der Waals surface area contributed by atoms with Crippen LogP contribution in [0.1, 0.15) is 13.3 Å². The molecule has 8 heteroatoms. The fourth-order valence-corrected chi connectivity index (χ4v) is 3.89. The van der Waals surface area contributed by atoms with E-state index in [1.807, 2.05) is 6.92 Å². The lowest BCUT2D eigenvalue weighted by atomic mass is 10.3. The van der Waals surface area contributed by atoms with Gasteiger partial charge in [0.05, 0.1) is 5.75 Å². The number of rotatable bonds is 6. The average molecular weight is 344 g/mol. The van der Waals surface area contributed by atoms with E-state index in [1.165, 1.54) is 22.5 Å². The predicted octanol–water partition coefficient (Wildman–Crippen LogP) is 1.09. The Labute approximate surface area is 135 Å². The molecule has 1 aliphatic rings. The third-order valence-electron chi connectivity index (χ3n) is 3.61. The van der Waals surface area contributed by atoms with E-state index in [0.29, 0.717) is 38.3 Å². The van der Waals surface area contributed by atoms with Gasteiger partial charge in [0.2, 0.25) is 10.0 Å². The maximum atomic E-state index is 13.0. The molecule has 0 spiro atoms. The van der Waals surface area contributed by atoms with E-state index in [-0.39, 0.29) is 18.3 Å². The van der Waals surface area contributed by atoms with Crippen LogP contribution in [0.15, 0.2) is 24.3 Å². The van der Waals surface area contributed by atoms with Crippen molar-refractivity contribution in [3.05, 3.63) is 30.1 Å². The van der Waals surface area contributed by atoms with Crippen LogP contribution in [0.2, 0.25) is 0 Å². The Bertz CT molecular complexity index is 643. The van der Waals surface area contributed by atoms with Crippen molar-refractivity contribution in [1.29, 1.82) is 0 Å². The van der Waals surface area contributed by atoms with Crippen molar-refractivity contribution in [2.24, 2.45) is 0 Å². The highest BCUT2D eigenvalue weighted by atomic mass is 32.2. The number of nitrogens with zero attached hydrogens (tertiary/aromatic N) is 2. The Balaban J connectivity index is 1.82. The molecule has 0 atom stereocenters. The summed E-state index contributed by atoms with van der Waals surface area (Å²) in [6, 6.07) is 5.59. The number of carbonyl (C=O) groups excluding carboxylic acids is 1. The van der Waals surface area contributed by atoms with Crippen molar-refractivity contribution in [2.45, 2.75) is 13.3 Å². The van der Waals surface area contributed by atoms with Crippen molar-refractivity contribution in [3.63, 3.8) is 0 Å². The first kappa shape index (κ1) is 17.7. The van der Waals surface area contributed by atoms with Gasteiger partial charge in [-0.15, -0.1) is 0 Å². The number of halogens is 1. The molecular formula is C15H21FN2O4S. The zero-order chi connectivity index (χ0) is 16.9. The monoisotopic (exact) mass is 344 g/mol. The smallest absolute Gasteiger partial charge is 0.260 e. The minimum Gasteiger partial charge on any atom is -0.484 e. The van der Waals surface area contributed by atoms with Crippen LogP contribution in [-0.2, 0) is 14.8 Å². The van der Waals surface area contributed by atoms with E-state index >= 15 is 0 Å². The molecule has 23 heavy (non-hydrogen) atoms. The highest BCUT2D eigenvalue weighted by Crippen LogP contribution is 2.13. The van der Waals surface area contributed by atoms with Gasteiger partial charge in [-0.2, -0.15) is 4.31 Å². The van der Waals surface area contributed by atoms with E-state index in [0.717, 1.165) is 0 Å². The lowest BCUT2D eigenvalue weighted by Gasteiger charge is -2.33. The van der Waals surface area contributed by atoms with Crippen LogP contribution < -0.4 is 4.74 Å². The molecule has 0 bridgehead atoms.